The number of nitrogens with zero attached hydrogens (tertiary/aromatic N) is 2. The smallest absolute Gasteiger partial charge is 0.268 e. The number of para-hydroxylation sites is 1. The van der Waals surface area contributed by atoms with Crippen molar-refractivity contribution >= 4 is 34.5 Å². The molecule has 26 heavy (non-hydrogen) atoms. The first kappa shape index (κ1) is 16.9. The summed E-state index contributed by atoms with van der Waals surface area (Å²) in [5.74, 6) is 0.528. The number of anilines is 1. The van der Waals surface area contributed by atoms with E-state index < -0.39 is 0 Å². The molecule has 1 aromatic carbocycles. The van der Waals surface area contributed by atoms with Crippen LogP contribution in [0.2, 0.25) is 5.02 Å². The number of amides is 1. The molecule has 1 aliphatic heterocycles. The van der Waals surface area contributed by atoms with Crippen molar-refractivity contribution in [2.45, 2.75) is 6.42 Å². The number of benzene rings is 1. The molecule has 1 aliphatic rings. The molecule has 0 radical (unpaired) electrons. The van der Waals surface area contributed by atoms with E-state index in [0.717, 1.165) is 20.7 Å². The van der Waals surface area contributed by atoms with Crippen LogP contribution in [0.3, 0.4) is 0 Å². The van der Waals surface area contributed by atoms with Gasteiger partial charge in [0.2, 0.25) is 0 Å². The number of carbonyl (C=O) groups is 1. The quantitative estimate of drug-likeness (QED) is 0.495. The van der Waals surface area contributed by atoms with Crippen molar-refractivity contribution in [1.29, 1.82) is 0 Å². The molecule has 0 unspecified atom stereocenters. The molecule has 0 bridgehead atoms. The molecule has 4 rings (SSSR count). The number of aromatic nitrogens is 1. The predicted molar refractivity (Wildman–Crippen MR) is 102 cm³/mol. The van der Waals surface area contributed by atoms with Gasteiger partial charge in [-0.1, -0.05) is 23.7 Å². The fraction of sp³-hybridized carbons (Fsp3) is 0.158. The fourth-order valence-electron chi connectivity index (χ4n) is 2.98. The first-order valence-electron chi connectivity index (χ1n) is 8.06. The van der Waals surface area contributed by atoms with Crippen LogP contribution >= 0.6 is 22.9 Å². The number of fused-ring (bicyclic) bond motifs is 3. The van der Waals surface area contributed by atoms with Crippen molar-refractivity contribution in [3.8, 4) is 16.2 Å². The Balaban J connectivity index is 1.74. The van der Waals surface area contributed by atoms with E-state index in [4.69, 9.17) is 16.3 Å². The van der Waals surface area contributed by atoms with Gasteiger partial charge in [0, 0.05) is 24.4 Å². The van der Waals surface area contributed by atoms with Gasteiger partial charge >= 0.3 is 0 Å². The number of carbonyl (C=O) groups excluding carboxylic acids is 1. The van der Waals surface area contributed by atoms with Gasteiger partial charge < -0.3 is 14.8 Å². The Kier molecular flexibility index (Phi) is 4.30. The summed E-state index contributed by atoms with van der Waals surface area (Å²) >= 11 is 7.58. The molecule has 132 valence electrons. The Bertz CT molecular complexity index is 1000. The minimum atomic E-state index is -0.135. The Hall–Kier alpha value is -2.57. The molecule has 0 spiro atoms. The van der Waals surface area contributed by atoms with Crippen LogP contribution in [-0.2, 0) is 6.42 Å². The number of ether oxygens (including phenoxy) is 1. The van der Waals surface area contributed by atoms with E-state index in [1.807, 2.05) is 24.3 Å². The molecule has 0 fully saturated rings. The molecule has 0 saturated carbocycles. The summed E-state index contributed by atoms with van der Waals surface area (Å²) in [4.78, 5) is 16.0. The maximum atomic E-state index is 13.0. The minimum absolute atomic E-state index is 0.135. The topological polar surface area (TPSA) is 56.5 Å². The van der Waals surface area contributed by atoms with Crippen molar-refractivity contribution in [3.05, 3.63) is 69.5 Å². The molecule has 3 heterocycles. The third kappa shape index (κ3) is 2.91. The standard InChI is InChI=1S/C19H15ClN2O3S/c1-21(15-5-3-2-4-14(15)20)19(23)17-10-12-7-9-25-16-6-8-22(24)11-13(16)18(12)26-17/h2-6,8,10-11H,7,9H2,1H3. The highest BCUT2D eigenvalue weighted by Gasteiger charge is 2.25. The molecule has 0 atom stereocenters. The van der Waals surface area contributed by atoms with Gasteiger partial charge in [-0.25, -0.2) is 0 Å². The van der Waals surface area contributed by atoms with Crippen LogP contribution < -0.4 is 14.4 Å². The summed E-state index contributed by atoms with van der Waals surface area (Å²) in [6.45, 7) is 0.508. The molecular formula is C19H15ClN2O3S. The number of rotatable bonds is 2. The van der Waals surface area contributed by atoms with Crippen molar-refractivity contribution in [2.24, 2.45) is 0 Å². The van der Waals surface area contributed by atoms with E-state index in [9.17, 15) is 10.0 Å². The monoisotopic (exact) mass is 386 g/mol. The highest BCUT2D eigenvalue weighted by molar-refractivity contribution is 7.17. The number of pyridine rings is 1. The van der Waals surface area contributed by atoms with Gasteiger partial charge in [-0.3, -0.25) is 4.79 Å². The molecule has 0 N–H and O–H groups in total. The van der Waals surface area contributed by atoms with Gasteiger partial charge in [0.25, 0.3) is 5.91 Å². The van der Waals surface area contributed by atoms with Crippen LogP contribution in [0.25, 0.3) is 10.4 Å². The summed E-state index contributed by atoms with van der Waals surface area (Å²) in [6.07, 6.45) is 3.58. The maximum absolute atomic E-state index is 13.0. The lowest BCUT2D eigenvalue weighted by Gasteiger charge is -2.17. The second-order valence-electron chi connectivity index (χ2n) is 5.96. The highest BCUT2D eigenvalue weighted by atomic mass is 35.5. The number of halogens is 1. The van der Waals surface area contributed by atoms with E-state index in [1.54, 1.807) is 24.1 Å². The summed E-state index contributed by atoms with van der Waals surface area (Å²) in [7, 11) is 1.71. The van der Waals surface area contributed by atoms with Gasteiger partial charge in [-0.15, -0.1) is 11.3 Å². The largest absolute Gasteiger partial charge is 0.619 e. The first-order valence-corrected chi connectivity index (χ1v) is 9.25. The third-order valence-corrected chi connectivity index (χ3v) is 5.82. The molecule has 0 saturated heterocycles. The summed E-state index contributed by atoms with van der Waals surface area (Å²) in [5, 5.41) is 12.2. The average molecular weight is 387 g/mol. The van der Waals surface area contributed by atoms with Crippen LogP contribution in [0.1, 0.15) is 15.2 Å². The second-order valence-corrected chi connectivity index (χ2v) is 7.42. The SMILES string of the molecule is CN(C(=O)c1cc2c(s1)-c1c[n+]([O-])ccc1OCC2)c1ccccc1Cl. The summed E-state index contributed by atoms with van der Waals surface area (Å²) < 4.78 is 6.46. The van der Waals surface area contributed by atoms with E-state index >= 15 is 0 Å². The lowest BCUT2D eigenvalue weighted by atomic mass is 10.1. The van der Waals surface area contributed by atoms with Crippen molar-refractivity contribution in [1.82, 2.24) is 0 Å². The third-order valence-electron chi connectivity index (χ3n) is 4.31. The van der Waals surface area contributed by atoms with Crippen molar-refractivity contribution in [2.75, 3.05) is 18.6 Å². The number of hydrogen-bond donors (Lipinski definition) is 0. The van der Waals surface area contributed by atoms with Crippen LogP contribution in [0.15, 0.2) is 48.8 Å². The first-order chi connectivity index (χ1) is 12.5. The Morgan fingerprint density at radius 3 is 2.96 bits per heavy atom. The molecule has 5 nitrogen and oxygen atoms in total. The Morgan fingerprint density at radius 2 is 2.15 bits per heavy atom. The zero-order valence-electron chi connectivity index (χ0n) is 13.9. The van der Waals surface area contributed by atoms with Gasteiger partial charge in [0.05, 0.1) is 27.8 Å². The van der Waals surface area contributed by atoms with E-state index in [2.05, 4.69) is 0 Å². The van der Waals surface area contributed by atoms with Gasteiger partial charge in [0.1, 0.15) is 5.75 Å². The van der Waals surface area contributed by atoms with Crippen LogP contribution in [0.4, 0.5) is 5.69 Å². The van der Waals surface area contributed by atoms with Gasteiger partial charge in [0.15, 0.2) is 12.4 Å². The van der Waals surface area contributed by atoms with E-state index in [-0.39, 0.29) is 5.91 Å². The zero-order chi connectivity index (χ0) is 18.3. The lowest BCUT2D eigenvalue weighted by molar-refractivity contribution is -0.604. The highest BCUT2D eigenvalue weighted by Crippen LogP contribution is 2.40. The van der Waals surface area contributed by atoms with Crippen molar-refractivity contribution < 1.29 is 14.3 Å². The van der Waals surface area contributed by atoms with Crippen LogP contribution in [0, 0.1) is 5.21 Å². The van der Waals surface area contributed by atoms with Crippen LogP contribution in [0.5, 0.6) is 5.75 Å². The molecular weight excluding hydrogens is 372 g/mol. The summed E-state index contributed by atoms with van der Waals surface area (Å²) in [6, 6.07) is 10.8. The Labute approximate surface area is 159 Å². The molecule has 0 aliphatic carbocycles. The zero-order valence-corrected chi connectivity index (χ0v) is 15.5. The Morgan fingerprint density at radius 1 is 1.35 bits per heavy atom. The lowest BCUT2D eigenvalue weighted by Crippen LogP contribution is -2.25. The van der Waals surface area contributed by atoms with Crippen LogP contribution in [-0.4, -0.2) is 19.6 Å². The predicted octanol–water partition coefficient (Wildman–Crippen LogP) is 3.91. The molecule has 2 aromatic heterocycles. The van der Waals surface area contributed by atoms with E-state index in [0.29, 0.717) is 34.4 Å². The number of hydrogen-bond acceptors (Lipinski definition) is 4. The summed E-state index contributed by atoms with van der Waals surface area (Å²) in [5.41, 5.74) is 2.39. The molecule has 1 amide bonds. The maximum Gasteiger partial charge on any atom is 0.268 e. The number of thiophene rings is 1. The average Bonchev–Trinajstić information content (AvgIpc) is 2.99. The molecule has 7 heteroatoms. The fourth-order valence-corrected chi connectivity index (χ4v) is 4.44. The van der Waals surface area contributed by atoms with Gasteiger partial charge in [-0.2, -0.15) is 4.73 Å². The normalized spacial score (nSPS) is 12.5. The van der Waals surface area contributed by atoms with E-state index in [1.165, 1.54) is 23.7 Å². The second kappa shape index (κ2) is 6.63. The molecule has 3 aromatic rings. The minimum Gasteiger partial charge on any atom is -0.619 e. The van der Waals surface area contributed by atoms with Gasteiger partial charge in [-0.05, 0) is 23.8 Å². The van der Waals surface area contributed by atoms with Crippen molar-refractivity contribution in [3.63, 3.8) is 0 Å².